The van der Waals surface area contributed by atoms with Crippen LogP contribution in [0.1, 0.15) is 49.0 Å². The van der Waals surface area contributed by atoms with Gasteiger partial charge in [0, 0.05) is 12.2 Å². The maximum Gasteiger partial charge on any atom is 0.360 e. The van der Waals surface area contributed by atoms with Gasteiger partial charge in [0.05, 0.1) is 12.8 Å². The predicted molar refractivity (Wildman–Crippen MR) is 77.6 cm³/mol. The Bertz CT molecular complexity index is 504. The van der Waals surface area contributed by atoms with E-state index in [1.807, 2.05) is 0 Å². The summed E-state index contributed by atoms with van der Waals surface area (Å²) in [6.07, 6.45) is 8.33. The molecule has 2 rings (SSSR count). The number of nitrogens with zero attached hydrogens (tertiary/aromatic N) is 2. The molecule has 1 saturated carbocycles. The second-order valence-corrected chi connectivity index (χ2v) is 5.38. The van der Waals surface area contributed by atoms with Crippen LogP contribution in [0, 0.1) is 0 Å². The highest BCUT2D eigenvalue weighted by Gasteiger charge is 2.18. The van der Waals surface area contributed by atoms with Crippen LogP contribution in [0.3, 0.4) is 0 Å². The standard InChI is InChI=1S/C14H22N4O3/c1-21-14(20)13-11(15)8-18(17-13)9-12(19)16-10-6-4-2-3-5-7-10/h8,10H,2-7,9,15H2,1H3,(H,16,19). The minimum atomic E-state index is -0.601. The molecule has 1 fully saturated rings. The van der Waals surface area contributed by atoms with Crippen molar-refractivity contribution in [1.82, 2.24) is 15.1 Å². The number of carbonyl (C=O) groups excluding carboxylic acids is 2. The van der Waals surface area contributed by atoms with E-state index in [9.17, 15) is 9.59 Å². The summed E-state index contributed by atoms with van der Waals surface area (Å²) in [6, 6.07) is 0.244. The average molecular weight is 294 g/mol. The number of nitrogens with two attached hydrogens (primary N) is 1. The number of nitrogens with one attached hydrogen (secondary N) is 1. The molecule has 21 heavy (non-hydrogen) atoms. The van der Waals surface area contributed by atoms with E-state index < -0.39 is 5.97 Å². The van der Waals surface area contributed by atoms with E-state index in [-0.39, 0.29) is 29.9 Å². The van der Waals surface area contributed by atoms with Crippen molar-refractivity contribution in [2.45, 2.75) is 51.1 Å². The summed E-state index contributed by atoms with van der Waals surface area (Å²) in [5.41, 5.74) is 5.94. The molecule has 1 aromatic rings. The third-order valence-electron chi connectivity index (χ3n) is 3.69. The van der Waals surface area contributed by atoms with Gasteiger partial charge in [0.15, 0.2) is 5.69 Å². The van der Waals surface area contributed by atoms with Gasteiger partial charge in [-0.1, -0.05) is 25.7 Å². The van der Waals surface area contributed by atoms with Crippen LogP contribution in [-0.2, 0) is 16.1 Å². The molecule has 0 unspecified atom stereocenters. The number of ether oxygens (including phenoxy) is 1. The first-order valence-corrected chi connectivity index (χ1v) is 7.30. The number of rotatable bonds is 4. The zero-order valence-electron chi connectivity index (χ0n) is 12.3. The zero-order valence-corrected chi connectivity index (χ0v) is 12.3. The van der Waals surface area contributed by atoms with Crippen LogP contribution >= 0.6 is 0 Å². The topological polar surface area (TPSA) is 99.2 Å². The minimum absolute atomic E-state index is 0.0415. The van der Waals surface area contributed by atoms with Crippen LogP contribution in [0.15, 0.2) is 6.20 Å². The molecule has 1 aliphatic rings. The Morgan fingerprint density at radius 1 is 1.38 bits per heavy atom. The van der Waals surface area contributed by atoms with Crippen molar-refractivity contribution in [3.05, 3.63) is 11.9 Å². The van der Waals surface area contributed by atoms with Gasteiger partial charge in [-0.25, -0.2) is 4.79 Å². The van der Waals surface area contributed by atoms with E-state index in [1.54, 1.807) is 0 Å². The fraction of sp³-hybridized carbons (Fsp3) is 0.643. The molecule has 1 heterocycles. The Hall–Kier alpha value is -2.05. The number of hydrogen-bond donors (Lipinski definition) is 2. The van der Waals surface area contributed by atoms with Gasteiger partial charge < -0.3 is 15.8 Å². The first-order valence-electron chi connectivity index (χ1n) is 7.30. The first kappa shape index (κ1) is 15.3. The number of aromatic nitrogens is 2. The van der Waals surface area contributed by atoms with Gasteiger partial charge in [-0.15, -0.1) is 0 Å². The van der Waals surface area contributed by atoms with E-state index in [1.165, 1.54) is 30.8 Å². The summed E-state index contributed by atoms with van der Waals surface area (Å²) >= 11 is 0. The summed E-state index contributed by atoms with van der Waals surface area (Å²) in [5, 5.41) is 7.01. The maximum atomic E-state index is 12.0. The monoisotopic (exact) mass is 294 g/mol. The number of nitrogen functional groups attached to an aromatic ring is 1. The molecule has 116 valence electrons. The molecular formula is C14H22N4O3. The van der Waals surface area contributed by atoms with Crippen molar-refractivity contribution < 1.29 is 14.3 Å². The van der Waals surface area contributed by atoms with Gasteiger partial charge in [-0.3, -0.25) is 9.48 Å². The highest BCUT2D eigenvalue weighted by Crippen LogP contribution is 2.17. The Morgan fingerprint density at radius 2 is 2.05 bits per heavy atom. The third kappa shape index (κ3) is 4.21. The van der Waals surface area contributed by atoms with Crippen molar-refractivity contribution in [2.24, 2.45) is 0 Å². The molecule has 0 atom stereocenters. The number of esters is 1. The van der Waals surface area contributed by atoms with Crippen molar-refractivity contribution in [1.29, 1.82) is 0 Å². The van der Waals surface area contributed by atoms with E-state index >= 15 is 0 Å². The molecule has 1 amide bonds. The highest BCUT2D eigenvalue weighted by atomic mass is 16.5. The number of methoxy groups -OCH3 is 1. The van der Waals surface area contributed by atoms with Crippen molar-refractivity contribution >= 4 is 17.6 Å². The third-order valence-corrected chi connectivity index (χ3v) is 3.69. The molecule has 0 bridgehead atoms. The number of amides is 1. The van der Waals surface area contributed by atoms with E-state index in [0.717, 1.165) is 25.7 Å². The molecule has 7 heteroatoms. The molecule has 1 aromatic heterocycles. The van der Waals surface area contributed by atoms with E-state index in [4.69, 9.17) is 5.73 Å². The number of hydrogen-bond acceptors (Lipinski definition) is 5. The fourth-order valence-electron chi connectivity index (χ4n) is 2.62. The Balaban J connectivity index is 1.91. The second-order valence-electron chi connectivity index (χ2n) is 5.38. The maximum absolute atomic E-state index is 12.0. The first-order chi connectivity index (χ1) is 10.1. The Morgan fingerprint density at radius 3 is 2.67 bits per heavy atom. The summed E-state index contributed by atoms with van der Waals surface area (Å²) in [7, 11) is 1.26. The molecule has 1 aliphatic carbocycles. The zero-order chi connectivity index (χ0) is 15.2. The van der Waals surface area contributed by atoms with Crippen LogP contribution < -0.4 is 11.1 Å². The highest BCUT2D eigenvalue weighted by molar-refractivity contribution is 5.92. The SMILES string of the molecule is COC(=O)c1nn(CC(=O)NC2CCCCCC2)cc1N. The molecule has 0 radical (unpaired) electrons. The van der Waals surface area contributed by atoms with Gasteiger partial charge >= 0.3 is 5.97 Å². The summed E-state index contributed by atoms with van der Waals surface area (Å²) in [6.45, 7) is 0.0533. The predicted octanol–water partition coefficient (Wildman–Crippen LogP) is 1.09. The minimum Gasteiger partial charge on any atom is -0.464 e. The van der Waals surface area contributed by atoms with Gasteiger partial charge in [-0.2, -0.15) is 5.10 Å². The van der Waals surface area contributed by atoms with Crippen molar-refractivity contribution in [3.63, 3.8) is 0 Å². The van der Waals surface area contributed by atoms with Crippen LogP contribution in [-0.4, -0.2) is 34.8 Å². The lowest BCUT2D eigenvalue weighted by atomic mass is 10.1. The second kappa shape index (κ2) is 7.10. The number of anilines is 1. The number of carbonyl (C=O) groups is 2. The van der Waals surface area contributed by atoms with E-state index in [2.05, 4.69) is 15.2 Å². The fourth-order valence-corrected chi connectivity index (χ4v) is 2.62. The molecule has 0 saturated heterocycles. The Kier molecular flexibility index (Phi) is 5.19. The van der Waals surface area contributed by atoms with Crippen molar-refractivity contribution in [2.75, 3.05) is 12.8 Å². The summed E-state index contributed by atoms with van der Waals surface area (Å²) < 4.78 is 5.94. The van der Waals surface area contributed by atoms with Crippen LogP contribution in [0.2, 0.25) is 0 Å². The van der Waals surface area contributed by atoms with Gasteiger partial charge in [0.25, 0.3) is 0 Å². The summed E-state index contributed by atoms with van der Waals surface area (Å²) in [5.74, 6) is -0.712. The lowest BCUT2D eigenvalue weighted by molar-refractivity contribution is -0.122. The smallest absolute Gasteiger partial charge is 0.360 e. The van der Waals surface area contributed by atoms with Gasteiger partial charge in [0.2, 0.25) is 5.91 Å². The molecule has 0 spiro atoms. The average Bonchev–Trinajstić information content (AvgIpc) is 2.65. The largest absolute Gasteiger partial charge is 0.464 e. The van der Waals surface area contributed by atoms with Crippen LogP contribution in [0.25, 0.3) is 0 Å². The van der Waals surface area contributed by atoms with E-state index in [0.29, 0.717) is 0 Å². The van der Waals surface area contributed by atoms with Gasteiger partial charge in [0.1, 0.15) is 6.54 Å². The van der Waals surface area contributed by atoms with Crippen LogP contribution in [0.4, 0.5) is 5.69 Å². The molecule has 0 aliphatic heterocycles. The molecular weight excluding hydrogens is 272 g/mol. The normalized spacial score (nSPS) is 16.2. The molecule has 0 aromatic carbocycles. The molecule has 3 N–H and O–H groups in total. The quantitative estimate of drug-likeness (QED) is 0.639. The molecule has 7 nitrogen and oxygen atoms in total. The van der Waals surface area contributed by atoms with Crippen LogP contribution in [0.5, 0.6) is 0 Å². The van der Waals surface area contributed by atoms with Gasteiger partial charge in [-0.05, 0) is 12.8 Å². The lowest BCUT2D eigenvalue weighted by Crippen LogP contribution is -2.36. The Labute approximate surface area is 123 Å². The van der Waals surface area contributed by atoms with Crippen molar-refractivity contribution in [3.8, 4) is 0 Å². The summed E-state index contributed by atoms with van der Waals surface area (Å²) in [4.78, 5) is 23.4. The lowest BCUT2D eigenvalue weighted by Gasteiger charge is -2.16.